The number of fused-ring (bicyclic) bond motifs is 1. The van der Waals surface area contributed by atoms with Gasteiger partial charge in [0.15, 0.2) is 5.82 Å². The van der Waals surface area contributed by atoms with Crippen LogP contribution in [0.4, 0.5) is 5.82 Å². The van der Waals surface area contributed by atoms with Crippen molar-refractivity contribution in [2.45, 2.75) is 58.5 Å². The molecule has 0 N–H and O–H groups in total. The lowest BCUT2D eigenvalue weighted by Crippen LogP contribution is -2.37. The standard InChI is InChI=1S/C22H32N6O/c1-22(2,3)19-12-21(29)28(15-23-19)13-16-5-9-27(10-6-16)20-11-17-14-26(4)8-7-18(17)24-25-20/h11-12,15-16H,5-10,13-14H2,1-4H3. The molecule has 2 aliphatic heterocycles. The van der Waals surface area contributed by atoms with Gasteiger partial charge in [0.05, 0.1) is 17.7 Å². The normalized spacial score (nSPS) is 18.7. The van der Waals surface area contributed by atoms with E-state index in [1.165, 1.54) is 5.56 Å². The molecule has 0 amide bonds. The molecule has 0 bridgehead atoms. The van der Waals surface area contributed by atoms with Gasteiger partial charge in [-0.15, -0.1) is 5.10 Å². The highest BCUT2D eigenvalue weighted by molar-refractivity contribution is 5.42. The summed E-state index contributed by atoms with van der Waals surface area (Å²) in [6, 6.07) is 3.91. The second-order valence-corrected chi connectivity index (χ2v) is 9.61. The van der Waals surface area contributed by atoms with E-state index < -0.39 is 0 Å². The van der Waals surface area contributed by atoms with Crippen LogP contribution in [-0.2, 0) is 24.9 Å². The Balaban J connectivity index is 1.38. The van der Waals surface area contributed by atoms with Crippen molar-refractivity contribution in [3.05, 3.63) is 45.8 Å². The third-order valence-corrected chi connectivity index (χ3v) is 6.16. The highest BCUT2D eigenvalue weighted by Crippen LogP contribution is 2.25. The van der Waals surface area contributed by atoms with Crippen LogP contribution >= 0.6 is 0 Å². The first-order valence-corrected chi connectivity index (χ1v) is 10.7. The number of hydrogen-bond donors (Lipinski definition) is 0. The van der Waals surface area contributed by atoms with Crippen LogP contribution in [0.2, 0.25) is 0 Å². The Morgan fingerprint density at radius 2 is 1.86 bits per heavy atom. The highest BCUT2D eigenvalue weighted by atomic mass is 16.1. The van der Waals surface area contributed by atoms with Crippen LogP contribution in [0.1, 0.15) is 50.6 Å². The first kappa shape index (κ1) is 20.0. The number of nitrogens with zero attached hydrogens (tertiary/aromatic N) is 6. The van der Waals surface area contributed by atoms with Gasteiger partial charge in [-0.2, -0.15) is 5.10 Å². The summed E-state index contributed by atoms with van der Waals surface area (Å²) >= 11 is 0. The Morgan fingerprint density at radius 3 is 2.55 bits per heavy atom. The summed E-state index contributed by atoms with van der Waals surface area (Å²) in [5, 5.41) is 8.97. The van der Waals surface area contributed by atoms with Crippen molar-refractivity contribution in [1.29, 1.82) is 0 Å². The summed E-state index contributed by atoms with van der Waals surface area (Å²) < 4.78 is 1.77. The zero-order valence-electron chi connectivity index (χ0n) is 18.1. The molecule has 0 unspecified atom stereocenters. The maximum absolute atomic E-state index is 12.5. The zero-order chi connectivity index (χ0) is 20.6. The lowest BCUT2D eigenvalue weighted by atomic mass is 9.92. The van der Waals surface area contributed by atoms with E-state index in [0.717, 1.165) is 69.2 Å². The fourth-order valence-electron chi connectivity index (χ4n) is 4.21. The number of hydrogen-bond acceptors (Lipinski definition) is 6. The summed E-state index contributed by atoms with van der Waals surface area (Å²) in [4.78, 5) is 21.7. The lowest BCUT2D eigenvalue weighted by Gasteiger charge is -2.33. The van der Waals surface area contributed by atoms with E-state index in [0.29, 0.717) is 5.92 Å². The smallest absolute Gasteiger partial charge is 0.253 e. The molecule has 2 aromatic heterocycles. The fraction of sp³-hybridized carbons (Fsp3) is 0.636. The molecular formula is C22H32N6O. The number of likely N-dealkylation sites (N-methyl/N-ethyl adjacent to an activating group) is 1. The Kier molecular flexibility index (Phi) is 5.42. The van der Waals surface area contributed by atoms with Gasteiger partial charge in [-0.25, -0.2) is 4.98 Å². The van der Waals surface area contributed by atoms with Crippen LogP contribution < -0.4 is 10.5 Å². The van der Waals surface area contributed by atoms with Gasteiger partial charge in [-0.05, 0) is 37.4 Å². The third kappa shape index (κ3) is 4.50. The minimum atomic E-state index is -0.103. The molecule has 29 heavy (non-hydrogen) atoms. The van der Waals surface area contributed by atoms with E-state index in [4.69, 9.17) is 0 Å². The second-order valence-electron chi connectivity index (χ2n) is 9.61. The molecule has 0 spiro atoms. The van der Waals surface area contributed by atoms with Crippen LogP contribution in [0, 0.1) is 5.92 Å². The molecule has 156 valence electrons. The van der Waals surface area contributed by atoms with Crippen molar-refractivity contribution in [2.24, 2.45) is 5.92 Å². The average molecular weight is 397 g/mol. The van der Waals surface area contributed by atoms with Gasteiger partial charge in [0.25, 0.3) is 5.56 Å². The number of piperidine rings is 1. The topological polar surface area (TPSA) is 67.2 Å². The summed E-state index contributed by atoms with van der Waals surface area (Å²) in [7, 11) is 2.15. The van der Waals surface area contributed by atoms with Crippen LogP contribution in [0.25, 0.3) is 0 Å². The van der Waals surface area contributed by atoms with Crippen molar-refractivity contribution in [3.63, 3.8) is 0 Å². The predicted molar refractivity (Wildman–Crippen MR) is 114 cm³/mol. The van der Waals surface area contributed by atoms with E-state index in [1.54, 1.807) is 17.0 Å². The zero-order valence-corrected chi connectivity index (χ0v) is 18.1. The molecule has 0 aromatic carbocycles. The van der Waals surface area contributed by atoms with E-state index in [-0.39, 0.29) is 11.0 Å². The quantitative estimate of drug-likeness (QED) is 0.793. The Labute approximate surface area is 172 Å². The SMILES string of the molecule is CN1CCc2nnc(N3CCC(Cn4cnc(C(C)(C)C)cc4=O)CC3)cc2C1. The van der Waals surface area contributed by atoms with Gasteiger partial charge < -0.3 is 9.80 Å². The largest absolute Gasteiger partial charge is 0.355 e. The number of aromatic nitrogens is 4. The van der Waals surface area contributed by atoms with Gasteiger partial charge >= 0.3 is 0 Å². The minimum Gasteiger partial charge on any atom is -0.355 e. The molecule has 0 saturated carbocycles. The second kappa shape index (κ2) is 7.86. The number of anilines is 1. The Bertz CT molecular complexity index is 924. The van der Waals surface area contributed by atoms with Gasteiger partial charge in [-0.3, -0.25) is 9.36 Å². The van der Waals surface area contributed by atoms with Gasteiger partial charge in [-0.1, -0.05) is 20.8 Å². The van der Waals surface area contributed by atoms with Crippen LogP contribution in [0.5, 0.6) is 0 Å². The predicted octanol–water partition coefficient (Wildman–Crippen LogP) is 2.24. The molecule has 1 saturated heterocycles. The molecule has 2 aromatic rings. The van der Waals surface area contributed by atoms with E-state index >= 15 is 0 Å². The molecular weight excluding hydrogens is 364 g/mol. The molecule has 0 radical (unpaired) electrons. The highest BCUT2D eigenvalue weighted by Gasteiger charge is 2.24. The first-order chi connectivity index (χ1) is 13.8. The van der Waals surface area contributed by atoms with E-state index in [1.807, 2.05) is 0 Å². The average Bonchev–Trinajstić information content (AvgIpc) is 2.68. The van der Waals surface area contributed by atoms with Gasteiger partial charge in [0.2, 0.25) is 0 Å². The van der Waals surface area contributed by atoms with Crippen molar-refractivity contribution in [3.8, 4) is 0 Å². The first-order valence-electron chi connectivity index (χ1n) is 10.7. The molecule has 0 aliphatic carbocycles. The lowest BCUT2D eigenvalue weighted by molar-refractivity contribution is 0.308. The molecule has 2 aliphatic rings. The number of rotatable bonds is 3. The maximum Gasteiger partial charge on any atom is 0.253 e. The monoisotopic (exact) mass is 396 g/mol. The van der Waals surface area contributed by atoms with Crippen molar-refractivity contribution >= 4 is 5.82 Å². The van der Waals surface area contributed by atoms with Crippen molar-refractivity contribution in [2.75, 3.05) is 31.6 Å². The Morgan fingerprint density at radius 1 is 1.10 bits per heavy atom. The summed E-state index contributed by atoms with van der Waals surface area (Å²) in [5.74, 6) is 1.48. The summed E-state index contributed by atoms with van der Waals surface area (Å²) in [6.07, 6.45) is 4.80. The van der Waals surface area contributed by atoms with E-state index in [2.05, 4.69) is 58.9 Å². The summed E-state index contributed by atoms with van der Waals surface area (Å²) in [5.41, 5.74) is 3.26. The third-order valence-electron chi connectivity index (χ3n) is 6.16. The molecule has 7 heteroatoms. The van der Waals surface area contributed by atoms with Gasteiger partial charge in [0.1, 0.15) is 0 Å². The molecule has 7 nitrogen and oxygen atoms in total. The molecule has 0 atom stereocenters. The molecule has 4 rings (SSSR count). The van der Waals surface area contributed by atoms with Crippen molar-refractivity contribution in [1.82, 2.24) is 24.6 Å². The van der Waals surface area contributed by atoms with Crippen LogP contribution in [0.3, 0.4) is 0 Å². The maximum atomic E-state index is 12.5. The van der Waals surface area contributed by atoms with E-state index in [9.17, 15) is 4.79 Å². The molecule has 4 heterocycles. The van der Waals surface area contributed by atoms with Gasteiger partial charge in [0, 0.05) is 50.6 Å². The van der Waals surface area contributed by atoms with Crippen LogP contribution in [0.15, 0.2) is 23.3 Å². The summed E-state index contributed by atoms with van der Waals surface area (Å²) in [6.45, 7) is 10.9. The van der Waals surface area contributed by atoms with Crippen molar-refractivity contribution < 1.29 is 0 Å². The fourth-order valence-corrected chi connectivity index (χ4v) is 4.21. The Hall–Kier alpha value is -2.28. The minimum absolute atomic E-state index is 0.0528. The van der Waals surface area contributed by atoms with Crippen LogP contribution in [-0.4, -0.2) is 51.3 Å². The molecule has 1 fully saturated rings.